The Balaban J connectivity index is 1.73. The topological polar surface area (TPSA) is 73.6 Å². The van der Waals surface area contributed by atoms with Gasteiger partial charge in [0.2, 0.25) is 0 Å². The number of carboxylic acid groups (broad SMARTS) is 1. The van der Waals surface area contributed by atoms with Gasteiger partial charge in [0, 0.05) is 29.2 Å². The van der Waals surface area contributed by atoms with Crippen LogP contribution in [0.5, 0.6) is 0 Å². The number of thioether (sulfide) groups is 1. The summed E-state index contributed by atoms with van der Waals surface area (Å²) in [4.78, 5) is 24.8. The highest BCUT2D eigenvalue weighted by atomic mass is 35.5. The number of halogens is 1. The molecule has 0 saturated carbocycles. The summed E-state index contributed by atoms with van der Waals surface area (Å²) in [6.45, 7) is 0.252. The van der Waals surface area contributed by atoms with Crippen LogP contribution in [0.1, 0.15) is 18.6 Å². The monoisotopic (exact) mass is 406 g/mol. The molecule has 0 atom stereocenters. The largest absolute Gasteiger partial charge is 0.550 e. The van der Waals surface area contributed by atoms with Gasteiger partial charge >= 0.3 is 0 Å². The van der Waals surface area contributed by atoms with Gasteiger partial charge < -0.3 is 14.3 Å². The van der Waals surface area contributed by atoms with Crippen molar-refractivity contribution in [2.24, 2.45) is 0 Å². The van der Waals surface area contributed by atoms with Crippen molar-refractivity contribution in [2.75, 3.05) is 6.54 Å². The number of nitrogens with zero attached hydrogens (tertiary/aromatic N) is 1. The number of benzene rings is 1. The van der Waals surface area contributed by atoms with Gasteiger partial charge in [-0.2, -0.15) is 0 Å². The molecule has 0 spiro atoms. The van der Waals surface area contributed by atoms with Gasteiger partial charge in [0.15, 0.2) is 0 Å². The van der Waals surface area contributed by atoms with Crippen molar-refractivity contribution in [1.82, 2.24) is 4.90 Å². The highest BCUT2D eigenvalue weighted by molar-refractivity contribution is 8.26. The first-order valence-corrected chi connectivity index (χ1v) is 9.35. The highest BCUT2D eigenvalue weighted by Crippen LogP contribution is 2.34. The molecule has 1 fully saturated rings. The number of furan rings is 1. The molecule has 0 bridgehead atoms. The Morgan fingerprint density at radius 1 is 1.35 bits per heavy atom. The van der Waals surface area contributed by atoms with Crippen LogP contribution < -0.4 is 5.11 Å². The summed E-state index contributed by atoms with van der Waals surface area (Å²) in [6, 6.07) is 10.8. The van der Waals surface area contributed by atoms with Crippen molar-refractivity contribution in [3.8, 4) is 11.3 Å². The minimum absolute atomic E-state index is 0.114. The number of hydrogen-bond acceptors (Lipinski definition) is 6. The number of carboxylic acids is 1. The predicted octanol–water partition coefficient (Wildman–Crippen LogP) is 3.33. The van der Waals surface area contributed by atoms with Crippen LogP contribution >= 0.6 is 35.6 Å². The molecule has 5 nitrogen and oxygen atoms in total. The van der Waals surface area contributed by atoms with Crippen LogP contribution in [0.15, 0.2) is 45.7 Å². The van der Waals surface area contributed by atoms with Gasteiger partial charge in [0.25, 0.3) is 5.91 Å². The maximum atomic E-state index is 12.4. The highest BCUT2D eigenvalue weighted by Gasteiger charge is 2.31. The van der Waals surface area contributed by atoms with Gasteiger partial charge in [-0.15, -0.1) is 0 Å². The zero-order valence-electron chi connectivity index (χ0n) is 13.4. The third-order valence-electron chi connectivity index (χ3n) is 3.65. The maximum absolute atomic E-state index is 12.4. The summed E-state index contributed by atoms with van der Waals surface area (Å²) in [5.74, 6) is -0.229. The third kappa shape index (κ3) is 4.35. The zero-order chi connectivity index (χ0) is 18.7. The van der Waals surface area contributed by atoms with Crippen molar-refractivity contribution in [1.29, 1.82) is 0 Å². The predicted molar refractivity (Wildman–Crippen MR) is 103 cm³/mol. The summed E-state index contributed by atoms with van der Waals surface area (Å²) in [5.41, 5.74) is 0.840. The molecule has 0 unspecified atom stereocenters. The van der Waals surface area contributed by atoms with E-state index in [-0.39, 0.29) is 18.9 Å². The van der Waals surface area contributed by atoms with Crippen LogP contribution in [0.25, 0.3) is 17.4 Å². The van der Waals surface area contributed by atoms with Gasteiger partial charge in [-0.3, -0.25) is 9.69 Å². The second-order valence-corrected chi connectivity index (χ2v) is 7.63. The number of rotatable bonds is 6. The van der Waals surface area contributed by atoms with Crippen molar-refractivity contribution >= 4 is 57.9 Å². The van der Waals surface area contributed by atoms with Crippen LogP contribution in [-0.2, 0) is 9.59 Å². The summed E-state index contributed by atoms with van der Waals surface area (Å²) < 4.78 is 6.17. The minimum Gasteiger partial charge on any atom is -0.550 e. The lowest BCUT2D eigenvalue weighted by Gasteiger charge is -2.14. The molecule has 3 rings (SSSR count). The van der Waals surface area contributed by atoms with Crippen LogP contribution in [0.3, 0.4) is 0 Å². The molecule has 2 aromatic rings. The Bertz CT molecular complexity index is 906. The molecule has 2 heterocycles. The summed E-state index contributed by atoms with van der Waals surface area (Å²) in [7, 11) is 0. The number of amides is 1. The van der Waals surface area contributed by atoms with E-state index in [1.807, 2.05) is 12.1 Å². The van der Waals surface area contributed by atoms with Gasteiger partial charge in [-0.05, 0) is 37.1 Å². The normalized spacial score (nSPS) is 15.9. The van der Waals surface area contributed by atoms with Gasteiger partial charge in [0.1, 0.15) is 15.8 Å². The molecule has 1 aromatic heterocycles. The van der Waals surface area contributed by atoms with E-state index < -0.39 is 5.97 Å². The SMILES string of the molecule is O=C([O-])CCCN1C(=O)/C(=C\c2ccc(-c3cccc(Cl)c3)o2)SC1=S. The van der Waals surface area contributed by atoms with E-state index in [1.165, 1.54) is 16.7 Å². The molecular formula is C18H13ClNO4S2-. The minimum atomic E-state index is -1.14. The molecular weight excluding hydrogens is 394 g/mol. The molecule has 0 aliphatic carbocycles. The van der Waals surface area contributed by atoms with Gasteiger partial charge in [0.05, 0.1) is 4.91 Å². The zero-order valence-corrected chi connectivity index (χ0v) is 15.8. The van der Waals surface area contributed by atoms with E-state index in [0.717, 1.165) is 5.56 Å². The lowest BCUT2D eigenvalue weighted by molar-refractivity contribution is -0.305. The van der Waals surface area contributed by atoms with Crippen LogP contribution in [-0.4, -0.2) is 27.6 Å². The summed E-state index contributed by atoms with van der Waals surface area (Å²) in [5, 5.41) is 11.1. The van der Waals surface area contributed by atoms with Crippen LogP contribution in [0.2, 0.25) is 5.02 Å². The molecule has 1 aliphatic heterocycles. The molecule has 26 heavy (non-hydrogen) atoms. The third-order valence-corrected chi connectivity index (χ3v) is 5.26. The lowest BCUT2D eigenvalue weighted by atomic mass is 10.2. The standard InChI is InChI=1S/C18H14ClNO4S2/c19-12-4-1-3-11(9-12)14-7-6-13(24-14)10-15-17(23)20(18(25)26-15)8-2-5-16(21)22/h1,3-4,6-7,9-10H,2,5,8H2,(H,21,22)/p-1/b15-10+. The van der Waals surface area contributed by atoms with Crippen molar-refractivity contribution in [3.05, 3.63) is 52.1 Å². The van der Waals surface area contributed by atoms with Gasteiger partial charge in [-0.25, -0.2) is 0 Å². The second-order valence-electron chi connectivity index (χ2n) is 5.52. The molecule has 1 aliphatic rings. The molecule has 1 saturated heterocycles. The molecule has 0 N–H and O–H groups in total. The molecule has 8 heteroatoms. The van der Waals surface area contributed by atoms with E-state index >= 15 is 0 Å². The second kappa shape index (κ2) is 8.07. The van der Waals surface area contributed by atoms with Crippen molar-refractivity contribution in [2.45, 2.75) is 12.8 Å². The smallest absolute Gasteiger partial charge is 0.266 e. The van der Waals surface area contributed by atoms with E-state index in [0.29, 0.717) is 32.2 Å². The Kier molecular flexibility index (Phi) is 5.80. The number of carbonyl (C=O) groups excluding carboxylic acids is 2. The Morgan fingerprint density at radius 2 is 2.15 bits per heavy atom. The lowest BCUT2D eigenvalue weighted by Crippen LogP contribution is -2.30. The van der Waals surface area contributed by atoms with Crippen LogP contribution in [0, 0.1) is 0 Å². The maximum Gasteiger partial charge on any atom is 0.266 e. The number of carbonyl (C=O) groups is 2. The van der Waals surface area contributed by atoms with E-state index in [2.05, 4.69) is 0 Å². The fraction of sp³-hybridized carbons (Fsp3) is 0.167. The van der Waals surface area contributed by atoms with Gasteiger partial charge in [-0.1, -0.05) is 47.7 Å². The quantitative estimate of drug-likeness (QED) is 0.541. The van der Waals surface area contributed by atoms with Crippen molar-refractivity contribution in [3.63, 3.8) is 0 Å². The average Bonchev–Trinajstić information content (AvgIpc) is 3.15. The molecule has 1 aromatic carbocycles. The van der Waals surface area contributed by atoms with E-state index in [1.54, 1.807) is 30.3 Å². The van der Waals surface area contributed by atoms with Crippen molar-refractivity contribution < 1.29 is 19.1 Å². The Labute approximate surface area is 164 Å². The molecule has 1 amide bonds. The fourth-order valence-corrected chi connectivity index (χ4v) is 3.91. The Hall–Kier alpha value is -2.09. The molecule has 0 radical (unpaired) electrons. The van der Waals surface area contributed by atoms with E-state index in [9.17, 15) is 14.7 Å². The summed E-state index contributed by atoms with van der Waals surface area (Å²) in [6.07, 6.45) is 1.81. The Morgan fingerprint density at radius 3 is 2.88 bits per heavy atom. The number of thiocarbonyl (C=S) groups is 1. The number of aliphatic carboxylic acids is 1. The first-order chi connectivity index (χ1) is 12.4. The first-order valence-electron chi connectivity index (χ1n) is 7.75. The summed E-state index contributed by atoms with van der Waals surface area (Å²) >= 11 is 12.4. The first kappa shape index (κ1) is 18.7. The van der Waals surface area contributed by atoms with E-state index in [4.69, 9.17) is 28.2 Å². The average molecular weight is 407 g/mol. The fourth-order valence-electron chi connectivity index (χ4n) is 2.43. The number of hydrogen-bond donors (Lipinski definition) is 0. The molecule has 134 valence electrons. The van der Waals surface area contributed by atoms with Crippen LogP contribution in [0.4, 0.5) is 0 Å².